The van der Waals surface area contributed by atoms with Gasteiger partial charge in [0, 0.05) is 50.4 Å². The van der Waals surface area contributed by atoms with Crippen LogP contribution in [0.25, 0.3) is 0 Å². The number of aromatic nitrogens is 1. The highest BCUT2D eigenvalue weighted by atomic mass is 16.2. The van der Waals surface area contributed by atoms with Gasteiger partial charge in [0.25, 0.3) is 0 Å². The zero-order chi connectivity index (χ0) is 18.9. The Morgan fingerprint density at radius 2 is 1.89 bits per heavy atom. The predicted molar refractivity (Wildman–Crippen MR) is 104 cm³/mol. The fraction of sp³-hybridized carbons (Fsp3) is 0.591. The molecule has 0 bridgehead atoms. The molecule has 1 spiro atoms. The summed E-state index contributed by atoms with van der Waals surface area (Å²) in [5, 5.41) is 0. The van der Waals surface area contributed by atoms with Crippen LogP contribution >= 0.6 is 0 Å². The standard InChI is InChI=1S/C22H29N3O2/c1-21(7-3-2-4-8-21)20(27)24-13-9-22(10-14-24)15-19(26)25(17-22)16-18-5-11-23-12-6-18/h2-3,5-6,11-12H,4,7-10,13-17H2,1H3. The number of hydrogen-bond donors (Lipinski definition) is 0. The Labute approximate surface area is 161 Å². The highest BCUT2D eigenvalue weighted by Crippen LogP contribution is 2.43. The van der Waals surface area contributed by atoms with Crippen LogP contribution in [0.2, 0.25) is 0 Å². The van der Waals surface area contributed by atoms with Crippen molar-refractivity contribution in [1.82, 2.24) is 14.8 Å². The van der Waals surface area contributed by atoms with Crippen molar-refractivity contribution in [2.75, 3.05) is 19.6 Å². The van der Waals surface area contributed by atoms with Crippen LogP contribution in [-0.4, -0.2) is 46.2 Å². The van der Waals surface area contributed by atoms with Gasteiger partial charge in [-0.05, 0) is 49.8 Å². The average Bonchev–Trinajstić information content (AvgIpc) is 2.98. The first-order chi connectivity index (χ1) is 13.0. The molecule has 0 N–H and O–H groups in total. The second-order valence-corrected chi connectivity index (χ2v) is 8.85. The van der Waals surface area contributed by atoms with Gasteiger partial charge in [-0.25, -0.2) is 0 Å². The summed E-state index contributed by atoms with van der Waals surface area (Å²) in [6.07, 6.45) is 13.2. The van der Waals surface area contributed by atoms with Crippen molar-refractivity contribution >= 4 is 11.8 Å². The van der Waals surface area contributed by atoms with Crippen molar-refractivity contribution in [3.63, 3.8) is 0 Å². The van der Waals surface area contributed by atoms with Crippen LogP contribution < -0.4 is 0 Å². The van der Waals surface area contributed by atoms with Crippen LogP contribution in [0.1, 0.15) is 51.0 Å². The Hall–Kier alpha value is -2.17. The van der Waals surface area contributed by atoms with E-state index in [0.29, 0.717) is 18.9 Å². The summed E-state index contributed by atoms with van der Waals surface area (Å²) in [6, 6.07) is 3.94. The lowest BCUT2D eigenvalue weighted by Crippen LogP contribution is -2.49. The highest BCUT2D eigenvalue weighted by molar-refractivity contribution is 5.83. The van der Waals surface area contributed by atoms with Crippen LogP contribution in [0.5, 0.6) is 0 Å². The molecule has 0 aromatic carbocycles. The van der Waals surface area contributed by atoms with E-state index in [-0.39, 0.29) is 16.7 Å². The lowest BCUT2D eigenvalue weighted by molar-refractivity contribution is -0.144. The van der Waals surface area contributed by atoms with Crippen LogP contribution in [-0.2, 0) is 16.1 Å². The number of rotatable bonds is 3. The number of piperidine rings is 1. The van der Waals surface area contributed by atoms with E-state index in [0.717, 1.165) is 57.3 Å². The van der Waals surface area contributed by atoms with Gasteiger partial charge in [0.05, 0.1) is 5.41 Å². The van der Waals surface area contributed by atoms with Crippen molar-refractivity contribution in [2.24, 2.45) is 10.8 Å². The summed E-state index contributed by atoms with van der Waals surface area (Å²) >= 11 is 0. The molecule has 1 aliphatic carbocycles. The van der Waals surface area contributed by atoms with Crippen molar-refractivity contribution < 1.29 is 9.59 Å². The van der Waals surface area contributed by atoms with E-state index >= 15 is 0 Å². The normalized spacial score (nSPS) is 27.4. The fourth-order valence-electron chi connectivity index (χ4n) is 4.89. The molecule has 0 saturated carbocycles. The second kappa shape index (κ2) is 7.10. The van der Waals surface area contributed by atoms with Gasteiger partial charge in [0.1, 0.15) is 0 Å². The maximum atomic E-state index is 13.1. The summed E-state index contributed by atoms with van der Waals surface area (Å²) in [5.74, 6) is 0.552. The van der Waals surface area contributed by atoms with Crippen LogP contribution in [0, 0.1) is 10.8 Å². The molecule has 5 heteroatoms. The summed E-state index contributed by atoms with van der Waals surface area (Å²) < 4.78 is 0. The lowest BCUT2D eigenvalue weighted by Gasteiger charge is -2.42. The Morgan fingerprint density at radius 1 is 1.15 bits per heavy atom. The molecule has 0 radical (unpaired) electrons. The third-order valence-electron chi connectivity index (χ3n) is 6.75. The molecule has 144 valence electrons. The van der Waals surface area contributed by atoms with E-state index in [1.54, 1.807) is 12.4 Å². The first-order valence-corrected chi connectivity index (χ1v) is 10.1. The molecule has 1 unspecified atom stereocenters. The molecule has 2 fully saturated rings. The van der Waals surface area contributed by atoms with E-state index in [9.17, 15) is 9.59 Å². The van der Waals surface area contributed by atoms with Gasteiger partial charge in [-0.1, -0.05) is 19.1 Å². The third-order valence-corrected chi connectivity index (χ3v) is 6.75. The minimum Gasteiger partial charge on any atom is -0.342 e. The van der Waals surface area contributed by atoms with Gasteiger partial charge < -0.3 is 9.80 Å². The maximum Gasteiger partial charge on any atom is 0.228 e. The monoisotopic (exact) mass is 367 g/mol. The molecule has 3 aliphatic rings. The van der Waals surface area contributed by atoms with Gasteiger partial charge in [-0.15, -0.1) is 0 Å². The van der Waals surface area contributed by atoms with Gasteiger partial charge in [-0.2, -0.15) is 0 Å². The SMILES string of the molecule is CC1(C(=O)N2CCC3(CC2)CC(=O)N(Cc2ccncc2)C3)CC=CCC1. The van der Waals surface area contributed by atoms with Crippen LogP contribution in [0.4, 0.5) is 0 Å². The Kier molecular flexibility index (Phi) is 4.79. The summed E-state index contributed by atoms with van der Waals surface area (Å²) in [7, 11) is 0. The molecule has 27 heavy (non-hydrogen) atoms. The molecule has 1 aromatic rings. The van der Waals surface area contributed by atoms with Gasteiger partial charge in [0.15, 0.2) is 0 Å². The molecule has 5 nitrogen and oxygen atoms in total. The maximum absolute atomic E-state index is 13.1. The number of pyridine rings is 1. The van der Waals surface area contributed by atoms with E-state index in [4.69, 9.17) is 0 Å². The molecule has 2 aliphatic heterocycles. The number of amides is 2. The first kappa shape index (κ1) is 18.2. The summed E-state index contributed by atoms with van der Waals surface area (Å²) in [6.45, 7) is 5.16. The second-order valence-electron chi connectivity index (χ2n) is 8.85. The number of nitrogens with zero attached hydrogens (tertiary/aromatic N) is 3. The third kappa shape index (κ3) is 3.64. The zero-order valence-electron chi connectivity index (χ0n) is 16.2. The minimum atomic E-state index is -0.238. The van der Waals surface area contributed by atoms with Gasteiger partial charge in [-0.3, -0.25) is 14.6 Å². The van der Waals surface area contributed by atoms with Crippen molar-refractivity contribution in [2.45, 2.75) is 52.0 Å². The predicted octanol–water partition coefficient (Wildman–Crippen LogP) is 3.17. The Morgan fingerprint density at radius 3 is 2.56 bits per heavy atom. The summed E-state index contributed by atoms with van der Waals surface area (Å²) in [4.78, 5) is 33.7. The molecule has 4 rings (SSSR count). The molecular formula is C22H29N3O2. The largest absolute Gasteiger partial charge is 0.342 e. The van der Waals surface area contributed by atoms with Crippen molar-refractivity contribution in [1.29, 1.82) is 0 Å². The molecule has 1 aromatic heterocycles. The van der Waals surface area contributed by atoms with Crippen LogP contribution in [0.15, 0.2) is 36.7 Å². The fourth-order valence-corrected chi connectivity index (χ4v) is 4.89. The quantitative estimate of drug-likeness (QED) is 0.771. The van der Waals surface area contributed by atoms with E-state index in [2.05, 4.69) is 29.0 Å². The smallest absolute Gasteiger partial charge is 0.228 e. The Balaban J connectivity index is 1.36. The van der Waals surface area contributed by atoms with E-state index in [1.165, 1.54) is 0 Å². The Bertz CT molecular complexity index is 737. The minimum absolute atomic E-state index is 0.0499. The highest BCUT2D eigenvalue weighted by Gasteiger charge is 2.47. The topological polar surface area (TPSA) is 53.5 Å². The zero-order valence-corrected chi connectivity index (χ0v) is 16.2. The number of carbonyl (C=O) groups excluding carboxylic acids is 2. The number of likely N-dealkylation sites (tertiary alicyclic amines) is 2. The molecule has 3 heterocycles. The number of allylic oxidation sites excluding steroid dienone is 2. The first-order valence-electron chi connectivity index (χ1n) is 10.1. The van der Waals surface area contributed by atoms with E-state index in [1.807, 2.05) is 17.0 Å². The molecular weight excluding hydrogens is 338 g/mol. The molecule has 2 amide bonds. The lowest BCUT2D eigenvalue weighted by atomic mass is 9.74. The van der Waals surface area contributed by atoms with Gasteiger partial charge >= 0.3 is 0 Å². The number of hydrogen-bond acceptors (Lipinski definition) is 3. The summed E-state index contributed by atoms with van der Waals surface area (Å²) in [5.41, 5.74) is 0.938. The van der Waals surface area contributed by atoms with Gasteiger partial charge in [0.2, 0.25) is 11.8 Å². The molecule has 2 saturated heterocycles. The van der Waals surface area contributed by atoms with Crippen molar-refractivity contribution in [3.05, 3.63) is 42.2 Å². The molecule has 1 atom stereocenters. The van der Waals surface area contributed by atoms with E-state index < -0.39 is 0 Å². The number of carbonyl (C=O) groups is 2. The van der Waals surface area contributed by atoms with Crippen LogP contribution in [0.3, 0.4) is 0 Å². The average molecular weight is 367 g/mol. The van der Waals surface area contributed by atoms with Crippen molar-refractivity contribution in [3.8, 4) is 0 Å².